The first-order chi connectivity index (χ1) is 15.1. The Kier molecular flexibility index (Phi) is 4.71. The van der Waals surface area contributed by atoms with Crippen molar-refractivity contribution in [1.29, 1.82) is 0 Å². The maximum Gasteiger partial charge on any atom is 0.243 e. The highest BCUT2D eigenvalue weighted by molar-refractivity contribution is 6.08. The van der Waals surface area contributed by atoms with Crippen LogP contribution in [0.1, 0.15) is 29.8 Å². The third kappa shape index (κ3) is 3.55. The normalized spacial score (nSPS) is 15.6. The summed E-state index contributed by atoms with van der Waals surface area (Å²) in [5.41, 5.74) is 5.51. The molecule has 2 heterocycles. The monoisotopic (exact) mass is 407 g/mol. The summed E-state index contributed by atoms with van der Waals surface area (Å²) < 4.78 is 6.27. The lowest BCUT2D eigenvalue weighted by atomic mass is 10.0. The number of nitrogens with zero attached hydrogens (tertiary/aromatic N) is 3. The molecule has 0 radical (unpaired) electrons. The Labute approximate surface area is 180 Å². The fraction of sp³-hybridized carbons (Fsp3) is 0.115. The number of para-hydroxylation sites is 1. The Morgan fingerprint density at radius 3 is 2.39 bits per heavy atom. The van der Waals surface area contributed by atoms with Gasteiger partial charge in [-0.25, -0.2) is 4.98 Å². The molecule has 0 saturated carbocycles. The summed E-state index contributed by atoms with van der Waals surface area (Å²) in [5.74, 6) is 0.235. The minimum atomic E-state index is -0.597. The summed E-state index contributed by atoms with van der Waals surface area (Å²) in [7, 11) is 0. The quantitative estimate of drug-likeness (QED) is 0.454. The van der Waals surface area contributed by atoms with Crippen LogP contribution in [0.5, 0.6) is 0 Å². The van der Waals surface area contributed by atoms with Gasteiger partial charge in [-0.1, -0.05) is 78.4 Å². The average Bonchev–Trinajstić information content (AvgIpc) is 3.25. The molecule has 1 aliphatic rings. The summed E-state index contributed by atoms with van der Waals surface area (Å²) in [4.78, 5) is 17.2. The van der Waals surface area contributed by atoms with Crippen LogP contribution in [0.4, 0.5) is 0 Å². The van der Waals surface area contributed by atoms with Gasteiger partial charge in [0.2, 0.25) is 18.0 Å². The van der Waals surface area contributed by atoms with Crippen LogP contribution in [0.2, 0.25) is 0 Å². The number of fused-ring (bicyclic) bond motifs is 1. The molecule has 1 aliphatic heterocycles. The van der Waals surface area contributed by atoms with Crippen molar-refractivity contribution in [3.05, 3.63) is 102 Å². The number of hydrogen-bond acceptors (Lipinski definition) is 4. The maximum atomic E-state index is 12.4. The molecule has 3 aromatic carbocycles. The Morgan fingerprint density at radius 2 is 1.65 bits per heavy atom. The number of rotatable bonds is 3. The number of carbonyl (C=O) groups is 1. The first kappa shape index (κ1) is 19.0. The van der Waals surface area contributed by atoms with Crippen molar-refractivity contribution in [2.75, 3.05) is 0 Å². The lowest BCUT2D eigenvalue weighted by Crippen LogP contribution is -2.25. The number of aromatic nitrogens is 1. The van der Waals surface area contributed by atoms with E-state index in [2.05, 4.69) is 5.10 Å². The molecule has 0 spiro atoms. The van der Waals surface area contributed by atoms with E-state index in [0.717, 1.165) is 38.9 Å². The van der Waals surface area contributed by atoms with Crippen LogP contribution in [0.25, 0.3) is 22.2 Å². The first-order valence-corrected chi connectivity index (χ1v) is 10.2. The summed E-state index contributed by atoms with van der Waals surface area (Å²) in [5, 5.41) is 6.90. The molecule has 4 aromatic rings. The Balaban J connectivity index is 1.63. The Morgan fingerprint density at radius 1 is 0.935 bits per heavy atom. The van der Waals surface area contributed by atoms with Gasteiger partial charge in [0, 0.05) is 29.0 Å². The molecular formula is C26H21N3O2. The molecule has 5 heteroatoms. The van der Waals surface area contributed by atoms with Gasteiger partial charge in [-0.05, 0) is 19.1 Å². The van der Waals surface area contributed by atoms with Crippen LogP contribution in [0, 0.1) is 6.92 Å². The van der Waals surface area contributed by atoms with Crippen LogP contribution < -0.4 is 0 Å². The highest BCUT2D eigenvalue weighted by Crippen LogP contribution is 2.33. The van der Waals surface area contributed by atoms with E-state index in [1.807, 2.05) is 91.9 Å². The molecule has 5 nitrogen and oxygen atoms in total. The number of pyridine rings is 1. The van der Waals surface area contributed by atoms with Gasteiger partial charge in [0.25, 0.3) is 0 Å². The lowest BCUT2D eigenvalue weighted by Gasteiger charge is -2.19. The van der Waals surface area contributed by atoms with Crippen LogP contribution >= 0.6 is 0 Å². The number of hydrazone groups is 1. The standard InChI is InChI=1S/C26H21N3O2/c1-17-12-14-20(15-13-17)26-29(18(2)30)28-25(31-26)22-16-24(19-8-4-3-5-9-19)27-23-11-7-6-10-21(22)23/h3-16,26H,1-2H3. The minimum absolute atomic E-state index is 0.179. The maximum absolute atomic E-state index is 12.4. The zero-order chi connectivity index (χ0) is 21.4. The van der Waals surface area contributed by atoms with Crippen LogP contribution in [-0.4, -0.2) is 21.8 Å². The third-order valence-electron chi connectivity index (χ3n) is 5.35. The molecule has 5 rings (SSSR count). The Bertz CT molecular complexity index is 1300. The van der Waals surface area contributed by atoms with E-state index in [4.69, 9.17) is 9.72 Å². The van der Waals surface area contributed by atoms with Crippen molar-refractivity contribution in [2.24, 2.45) is 5.10 Å². The van der Waals surface area contributed by atoms with Crippen LogP contribution in [0.15, 0.2) is 90.0 Å². The molecule has 1 unspecified atom stereocenters. The highest BCUT2D eigenvalue weighted by atomic mass is 16.5. The summed E-state index contributed by atoms with van der Waals surface area (Å²) in [6.07, 6.45) is -0.597. The van der Waals surface area contributed by atoms with E-state index in [0.29, 0.717) is 5.90 Å². The molecular weight excluding hydrogens is 386 g/mol. The predicted molar refractivity (Wildman–Crippen MR) is 121 cm³/mol. The van der Waals surface area contributed by atoms with Gasteiger partial charge >= 0.3 is 0 Å². The van der Waals surface area contributed by atoms with Crippen molar-refractivity contribution in [1.82, 2.24) is 9.99 Å². The molecule has 0 saturated heterocycles. The molecule has 1 amide bonds. The van der Waals surface area contributed by atoms with E-state index in [1.165, 1.54) is 11.9 Å². The molecule has 0 aliphatic carbocycles. The predicted octanol–water partition coefficient (Wildman–Crippen LogP) is 5.45. The summed E-state index contributed by atoms with van der Waals surface area (Å²) in [6.45, 7) is 3.52. The van der Waals surface area contributed by atoms with E-state index in [9.17, 15) is 4.79 Å². The third-order valence-corrected chi connectivity index (χ3v) is 5.35. The molecule has 152 valence electrons. The molecule has 1 aromatic heterocycles. The second kappa shape index (κ2) is 7.69. The fourth-order valence-electron chi connectivity index (χ4n) is 3.73. The van der Waals surface area contributed by atoms with Gasteiger partial charge in [0.05, 0.1) is 11.2 Å². The lowest BCUT2D eigenvalue weighted by molar-refractivity contribution is -0.135. The van der Waals surface area contributed by atoms with E-state index < -0.39 is 6.23 Å². The fourth-order valence-corrected chi connectivity index (χ4v) is 3.73. The van der Waals surface area contributed by atoms with Gasteiger partial charge in [-0.2, -0.15) is 5.01 Å². The zero-order valence-corrected chi connectivity index (χ0v) is 17.3. The molecule has 31 heavy (non-hydrogen) atoms. The number of ether oxygens (including phenoxy) is 1. The number of carbonyl (C=O) groups excluding carboxylic acids is 1. The van der Waals surface area contributed by atoms with E-state index >= 15 is 0 Å². The Hall–Kier alpha value is -3.99. The van der Waals surface area contributed by atoms with Gasteiger partial charge < -0.3 is 4.74 Å². The van der Waals surface area contributed by atoms with Crippen molar-refractivity contribution in [3.63, 3.8) is 0 Å². The van der Waals surface area contributed by atoms with Crippen molar-refractivity contribution >= 4 is 22.7 Å². The van der Waals surface area contributed by atoms with Crippen molar-refractivity contribution < 1.29 is 9.53 Å². The average molecular weight is 407 g/mol. The van der Waals surface area contributed by atoms with Gasteiger partial charge in [0.15, 0.2) is 0 Å². The molecule has 1 atom stereocenters. The summed E-state index contributed by atoms with van der Waals surface area (Å²) in [6, 6.07) is 27.8. The zero-order valence-electron chi connectivity index (χ0n) is 17.3. The van der Waals surface area contributed by atoms with Crippen molar-refractivity contribution in [3.8, 4) is 11.3 Å². The van der Waals surface area contributed by atoms with Crippen LogP contribution in [-0.2, 0) is 9.53 Å². The SMILES string of the molecule is CC(=O)N1N=C(c2cc(-c3ccccc3)nc3ccccc23)OC1c1ccc(C)cc1. The number of amides is 1. The largest absolute Gasteiger partial charge is 0.446 e. The van der Waals surface area contributed by atoms with Gasteiger partial charge in [-0.3, -0.25) is 4.79 Å². The number of aryl methyl sites for hydroxylation is 1. The highest BCUT2D eigenvalue weighted by Gasteiger charge is 2.33. The molecule has 0 N–H and O–H groups in total. The number of hydrogen-bond donors (Lipinski definition) is 0. The van der Waals surface area contributed by atoms with Crippen LogP contribution in [0.3, 0.4) is 0 Å². The second-order valence-electron chi connectivity index (χ2n) is 7.59. The second-order valence-corrected chi connectivity index (χ2v) is 7.59. The van der Waals surface area contributed by atoms with Crippen molar-refractivity contribution in [2.45, 2.75) is 20.1 Å². The topological polar surface area (TPSA) is 54.8 Å². The number of benzene rings is 3. The molecule has 0 fully saturated rings. The van der Waals surface area contributed by atoms with E-state index in [-0.39, 0.29) is 5.91 Å². The van der Waals surface area contributed by atoms with Gasteiger partial charge in [-0.15, -0.1) is 5.10 Å². The van der Waals surface area contributed by atoms with E-state index in [1.54, 1.807) is 0 Å². The summed E-state index contributed by atoms with van der Waals surface area (Å²) >= 11 is 0. The van der Waals surface area contributed by atoms with Gasteiger partial charge in [0.1, 0.15) is 0 Å². The first-order valence-electron chi connectivity index (χ1n) is 10.2. The smallest absolute Gasteiger partial charge is 0.243 e. The minimum Gasteiger partial charge on any atom is -0.446 e. The molecule has 0 bridgehead atoms.